The van der Waals surface area contributed by atoms with Crippen LogP contribution in [0.1, 0.15) is 18.5 Å². The monoisotopic (exact) mass is 423 g/mol. The second kappa shape index (κ2) is 8.31. The summed E-state index contributed by atoms with van der Waals surface area (Å²) < 4.78 is 13.0. The second-order valence-corrected chi connectivity index (χ2v) is 8.14. The van der Waals surface area contributed by atoms with Gasteiger partial charge in [0.25, 0.3) is 0 Å². The van der Waals surface area contributed by atoms with Crippen LogP contribution in [0.5, 0.6) is 5.88 Å². The number of ether oxygens (including phenoxy) is 2. The van der Waals surface area contributed by atoms with Crippen LogP contribution in [0.4, 0.5) is 0 Å². The third-order valence-electron chi connectivity index (χ3n) is 5.52. The van der Waals surface area contributed by atoms with E-state index in [0.29, 0.717) is 48.8 Å². The fraction of sp³-hybridized carbons (Fsp3) is 0.500. The molecule has 2 fully saturated rings. The van der Waals surface area contributed by atoms with Crippen LogP contribution >= 0.6 is 23.2 Å². The van der Waals surface area contributed by atoms with Gasteiger partial charge in [-0.25, -0.2) is 4.68 Å². The van der Waals surface area contributed by atoms with E-state index in [1.54, 1.807) is 16.8 Å². The van der Waals surface area contributed by atoms with E-state index in [4.69, 9.17) is 32.7 Å². The Morgan fingerprint density at radius 3 is 2.68 bits per heavy atom. The lowest BCUT2D eigenvalue weighted by molar-refractivity contribution is -0.146. The van der Waals surface area contributed by atoms with Crippen LogP contribution in [0, 0.1) is 18.8 Å². The molecule has 0 radical (unpaired) electrons. The zero-order valence-corrected chi connectivity index (χ0v) is 17.2. The number of aryl methyl sites for hydroxylation is 1. The molecule has 6 nitrogen and oxygen atoms in total. The Morgan fingerprint density at radius 2 is 2.00 bits per heavy atom. The maximum atomic E-state index is 12.7. The first-order valence-electron chi connectivity index (χ1n) is 9.54. The highest BCUT2D eigenvalue weighted by Crippen LogP contribution is 2.36. The van der Waals surface area contributed by atoms with Crippen LogP contribution in [0.2, 0.25) is 10.0 Å². The highest BCUT2D eigenvalue weighted by atomic mass is 35.5. The smallest absolute Gasteiger partial charge is 0.233 e. The van der Waals surface area contributed by atoms with Gasteiger partial charge in [-0.3, -0.25) is 4.79 Å². The zero-order chi connectivity index (χ0) is 19.7. The molecular formula is C20H23Cl2N3O3. The van der Waals surface area contributed by atoms with Gasteiger partial charge >= 0.3 is 0 Å². The van der Waals surface area contributed by atoms with Crippen molar-refractivity contribution in [1.82, 2.24) is 14.7 Å². The second-order valence-electron chi connectivity index (χ2n) is 7.33. The Labute approximate surface area is 174 Å². The average Bonchev–Trinajstić information content (AvgIpc) is 3.04. The largest absolute Gasteiger partial charge is 0.476 e. The number of benzene rings is 1. The number of aromatic nitrogens is 2. The summed E-state index contributed by atoms with van der Waals surface area (Å²) in [6, 6.07) is 7.27. The van der Waals surface area contributed by atoms with E-state index in [-0.39, 0.29) is 17.7 Å². The Morgan fingerprint density at radius 1 is 1.21 bits per heavy atom. The molecule has 1 saturated heterocycles. The van der Waals surface area contributed by atoms with Gasteiger partial charge < -0.3 is 14.4 Å². The third-order valence-corrected chi connectivity index (χ3v) is 6.25. The summed E-state index contributed by atoms with van der Waals surface area (Å²) in [5, 5.41) is 5.51. The number of carbonyl (C=O) groups excluding carboxylic acids is 1. The summed E-state index contributed by atoms with van der Waals surface area (Å²) in [6.45, 7) is 5.09. The number of carbonyl (C=O) groups is 1. The minimum Gasteiger partial charge on any atom is -0.476 e. The molecule has 1 saturated carbocycles. The molecule has 0 spiro atoms. The van der Waals surface area contributed by atoms with E-state index in [9.17, 15) is 4.79 Å². The molecule has 1 aromatic heterocycles. The lowest BCUT2D eigenvalue weighted by Gasteiger charge is -2.39. The highest BCUT2D eigenvalue weighted by Gasteiger charge is 2.39. The molecule has 1 aromatic carbocycles. The predicted molar refractivity (Wildman–Crippen MR) is 107 cm³/mol. The van der Waals surface area contributed by atoms with Gasteiger partial charge in [0.05, 0.1) is 35.6 Å². The van der Waals surface area contributed by atoms with Gasteiger partial charge in [-0.15, -0.1) is 5.10 Å². The number of hydrogen-bond acceptors (Lipinski definition) is 4. The zero-order valence-electron chi connectivity index (χ0n) is 15.7. The summed E-state index contributed by atoms with van der Waals surface area (Å²) in [4.78, 5) is 14.6. The lowest BCUT2D eigenvalue weighted by atomic mass is 9.73. The van der Waals surface area contributed by atoms with E-state index >= 15 is 0 Å². The number of hydrogen-bond donors (Lipinski definition) is 0. The SMILES string of the molecule is Cc1cc(OC[C@@H]2CCC2C(=O)N2CCOCC2)nn1-c1ccc(Cl)c(Cl)c1. The molecule has 0 N–H and O–H groups in total. The molecule has 150 valence electrons. The van der Waals surface area contributed by atoms with Crippen LogP contribution in [0.25, 0.3) is 5.69 Å². The molecule has 2 aliphatic rings. The number of morpholine rings is 1. The highest BCUT2D eigenvalue weighted by molar-refractivity contribution is 6.42. The van der Waals surface area contributed by atoms with E-state index in [2.05, 4.69) is 5.10 Å². The van der Waals surface area contributed by atoms with Crippen molar-refractivity contribution in [3.05, 3.63) is 40.0 Å². The normalized spacial score (nSPS) is 22.0. The van der Waals surface area contributed by atoms with Crippen LogP contribution in [-0.4, -0.2) is 53.5 Å². The van der Waals surface area contributed by atoms with Crippen molar-refractivity contribution in [3.8, 4) is 11.6 Å². The molecule has 0 bridgehead atoms. The van der Waals surface area contributed by atoms with Crippen molar-refractivity contribution in [2.75, 3.05) is 32.9 Å². The molecule has 28 heavy (non-hydrogen) atoms. The van der Waals surface area contributed by atoms with Gasteiger partial charge in [-0.1, -0.05) is 23.2 Å². The summed E-state index contributed by atoms with van der Waals surface area (Å²) in [5.41, 5.74) is 1.76. The fourth-order valence-electron chi connectivity index (χ4n) is 3.70. The van der Waals surface area contributed by atoms with Gasteiger partial charge in [0, 0.05) is 36.7 Å². The van der Waals surface area contributed by atoms with Crippen LogP contribution in [0.15, 0.2) is 24.3 Å². The van der Waals surface area contributed by atoms with Crippen LogP contribution < -0.4 is 4.74 Å². The first-order chi connectivity index (χ1) is 13.5. The minimum absolute atomic E-state index is 0.0522. The van der Waals surface area contributed by atoms with Crippen molar-refractivity contribution < 1.29 is 14.3 Å². The molecule has 2 aromatic rings. The maximum Gasteiger partial charge on any atom is 0.233 e. The number of halogens is 2. The van der Waals surface area contributed by atoms with E-state index in [1.165, 1.54) is 0 Å². The predicted octanol–water partition coefficient (Wildman–Crippen LogP) is 3.75. The third kappa shape index (κ3) is 4.00. The number of nitrogens with zero attached hydrogens (tertiary/aromatic N) is 3. The van der Waals surface area contributed by atoms with Gasteiger partial charge in [0.1, 0.15) is 0 Å². The van der Waals surface area contributed by atoms with Gasteiger partial charge in [-0.05, 0) is 38.0 Å². The van der Waals surface area contributed by atoms with Crippen molar-refractivity contribution >= 4 is 29.1 Å². The van der Waals surface area contributed by atoms with Gasteiger partial charge in [0.2, 0.25) is 11.8 Å². The van der Waals surface area contributed by atoms with E-state index in [1.807, 2.05) is 24.0 Å². The topological polar surface area (TPSA) is 56.6 Å². The first kappa shape index (κ1) is 19.6. The van der Waals surface area contributed by atoms with Crippen molar-refractivity contribution in [2.45, 2.75) is 19.8 Å². The molecule has 4 rings (SSSR count). The van der Waals surface area contributed by atoms with E-state index in [0.717, 1.165) is 24.2 Å². The molecule has 1 aliphatic carbocycles. The average molecular weight is 424 g/mol. The number of amides is 1. The summed E-state index contributed by atoms with van der Waals surface area (Å²) >= 11 is 12.1. The van der Waals surface area contributed by atoms with Gasteiger partial charge in [0.15, 0.2) is 0 Å². The molecule has 1 amide bonds. The molecule has 1 aliphatic heterocycles. The van der Waals surface area contributed by atoms with Crippen molar-refractivity contribution in [3.63, 3.8) is 0 Å². The van der Waals surface area contributed by atoms with E-state index < -0.39 is 0 Å². The van der Waals surface area contributed by atoms with Crippen LogP contribution in [0.3, 0.4) is 0 Å². The Kier molecular flexibility index (Phi) is 5.80. The molecule has 2 atom stereocenters. The van der Waals surface area contributed by atoms with Crippen molar-refractivity contribution in [2.24, 2.45) is 11.8 Å². The molecule has 1 unspecified atom stereocenters. The Balaban J connectivity index is 1.37. The molecule has 8 heteroatoms. The summed E-state index contributed by atoms with van der Waals surface area (Å²) in [7, 11) is 0. The first-order valence-corrected chi connectivity index (χ1v) is 10.3. The maximum absolute atomic E-state index is 12.7. The standard InChI is InChI=1S/C20H23Cl2N3O3/c1-13-10-19(23-25(13)15-3-5-17(21)18(22)11-15)28-12-14-2-4-16(14)20(26)24-6-8-27-9-7-24/h3,5,10-11,14,16H,2,4,6-9,12H2,1H3/t14-,16?/m0/s1. The summed E-state index contributed by atoms with van der Waals surface area (Å²) in [6.07, 6.45) is 1.94. The quantitative estimate of drug-likeness (QED) is 0.734. The van der Waals surface area contributed by atoms with Crippen LogP contribution in [-0.2, 0) is 9.53 Å². The number of rotatable bonds is 5. The lowest BCUT2D eigenvalue weighted by Crippen LogP contribution is -2.49. The van der Waals surface area contributed by atoms with Crippen molar-refractivity contribution in [1.29, 1.82) is 0 Å². The molecule has 2 heterocycles. The Bertz CT molecular complexity index is 864. The summed E-state index contributed by atoms with van der Waals surface area (Å²) in [5.74, 6) is 1.08. The fourth-order valence-corrected chi connectivity index (χ4v) is 3.99. The Hall–Kier alpha value is -1.76. The minimum atomic E-state index is 0.0522. The van der Waals surface area contributed by atoms with Gasteiger partial charge in [-0.2, -0.15) is 0 Å². The molecular weight excluding hydrogens is 401 g/mol.